The molecule has 0 saturated heterocycles. The van der Waals surface area contributed by atoms with Crippen molar-refractivity contribution >= 4 is 0 Å². The summed E-state index contributed by atoms with van der Waals surface area (Å²) in [7, 11) is 0. The Morgan fingerprint density at radius 2 is 2.22 bits per heavy atom. The van der Waals surface area contributed by atoms with Crippen LogP contribution in [0.3, 0.4) is 0 Å². The molecule has 18 heavy (non-hydrogen) atoms. The maximum Gasteiger partial charge on any atom is 0.0597 e. The van der Waals surface area contributed by atoms with E-state index in [-0.39, 0.29) is 6.04 Å². The second-order valence-electron chi connectivity index (χ2n) is 5.75. The summed E-state index contributed by atoms with van der Waals surface area (Å²) in [4.78, 5) is 0. The maximum absolute atomic E-state index is 6.52. The fourth-order valence-corrected chi connectivity index (χ4v) is 3.36. The minimum Gasteiger partial charge on any atom is -0.322 e. The summed E-state index contributed by atoms with van der Waals surface area (Å²) < 4.78 is 2.08. The van der Waals surface area contributed by atoms with Crippen LogP contribution in [0.15, 0.2) is 6.07 Å². The summed E-state index contributed by atoms with van der Waals surface area (Å²) >= 11 is 0. The van der Waals surface area contributed by atoms with Crippen molar-refractivity contribution in [1.29, 1.82) is 0 Å². The third-order valence-electron chi connectivity index (χ3n) is 4.48. The molecular weight excluding hydrogens is 222 g/mol. The van der Waals surface area contributed by atoms with E-state index < -0.39 is 0 Å². The number of hydrogen-bond acceptors (Lipinski definition) is 2. The number of hydrogen-bond donors (Lipinski definition) is 1. The van der Waals surface area contributed by atoms with Crippen LogP contribution in [0.2, 0.25) is 0 Å². The molecule has 102 valence electrons. The Morgan fingerprint density at radius 1 is 1.44 bits per heavy atom. The van der Waals surface area contributed by atoms with E-state index in [0.29, 0.717) is 5.92 Å². The summed E-state index contributed by atoms with van der Waals surface area (Å²) in [6, 6.07) is 2.34. The van der Waals surface area contributed by atoms with Crippen LogP contribution in [0.1, 0.15) is 63.4 Å². The van der Waals surface area contributed by atoms with Crippen LogP contribution in [-0.2, 0) is 6.54 Å². The van der Waals surface area contributed by atoms with Crippen molar-refractivity contribution < 1.29 is 0 Å². The normalized spacial score (nSPS) is 26.2. The van der Waals surface area contributed by atoms with E-state index in [1.165, 1.54) is 37.8 Å². The molecule has 3 nitrogen and oxygen atoms in total. The van der Waals surface area contributed by atoms with Gasteiger partial charge in [0, 0.05) is 12.6 Å². The van der Waals surface area contributed by atoms with Gasteiger partial charge in [-0.3, -0.25) is 4.68 Å². The molecule has 1 saturated carbocycles. The summed E-state index contributed by atoms with van der Waals surface area (Å²) in [5.41, 5.74) is 8.84. The van der Waals surface area contributed by atoms with Gasteiger partial charge in [-0.05, 0) is 44.6 Å². The van der Waals surface area contributed by atoms with Gasteiger partial charge in [0.1, 0.15) is 0 Å². The molecule has 1 aromatic heterocycles. The van der Waals surface area contributed by atoms with Gasteiger partial charge < -0.3 is 5.73 Å². The molecule has 3 unspecified atom stereocenters. The number of nitrogens with two attached hydrogens (primary N) is 1. The highest BCUT2D eigenvalue weighted by Gasteiger charge is 2.28. The van der Waals surface area contributed by atoms with E-state index in [4.69, 9.17) is 5.73 Å². The molecule has 1 fully saturated rings. The zero-order valence-electron chi connectivity index (χ0n) is 12.0. The molecule has 3 heteroatoms. The third-order valence-corrected chi connectivity index (χ3v) is 4.48. The Balaban J connectivity index is 2.12. The van der Waals surface area contributed by atoms with Crippen molar-refractivity contribution in [2.24, 2.45) is 17.6 Å². The topological polar surface area (TPSA) is 43.8 Å². The van der Waals surface area contributed by atoms with Crippen molar-refractivity contribution in [3.8, 4) is 0 Å². The molecule has 0 radical (unpaired) electrons. The Morgan fingerprint density at radius 3 is 2.89 bits per heavy atom. The van der Waals surface area contributed by atoms with Gasteiger partial charge in [0.25, 0.3) is 0 Å². The Hall–Kier alpha value is -0.830. The van der Waals surface area contributed by atoms with Crippen LogP contribution in [0, 0.1) is 18.8 Å². The van der Waals surface area contributed by atoms with E-state index in [1.54, 1.807) is 0 Å². The Bertz CT molecular complexity index is 383. The highest BCUT2D eigenvalue weighted by atomic mass is 15.3. The first-order valence-corrected chi connectivity index (χ1v) is 7.45. The van der Waals surface area contributed by atoms with Crippen molar-refractivity contribution in [3.63, 3.8) is 0 Å². The van der Waals surface area contributed by atoms with Gasteiger partial charge in [0.05, 0.1) is 11.4 Å². The van der Waals surface area contributed by atoms with Crippen LogP contribution in [0.5, 0.6) is 0 Å². The van der Waals surface area contributed by atoms with Gasteiger partial charge in [0.15, 0.2) is 0 Å². The van der Waals surface area contributed by atoms with Crippen molar-refractivity contribution in [1.82, 2.24) is 9.78 Å². The molecule has 1 heterocycles. The zero-order chi connectivity index (χ0) is 13.1. The first-order chi connectivity index (χ1) is 8.65. The summed E-state index contributed by atoms with van der Waals surface area (Å²) in [5.74, 6) is 1.53. The fourth-order valence-electron chi connectivity index (χ4n) is 3.36. The standard InChI is InChI=1S/C15H27N3/c1-4-12-7-6-8-13(10-12)15(16)14-9-11(3)17-18(14)5-2/h9,12-13,15H,4-8,10,16H2,1-3H3. The SMILES string of the molecule is CCC1CCCC(C(N)c2cc(C)nn2CC)C1. The average Bonchev–Trinajstić information content (AvgIpc) is 2.79. The second-order valence-corrected chi connectivity index (χ2v) is 5.75. The molecule has 0 amide bonds. The predicted octanol–water partition coefficient (Wildman–Crippen LogP) is 3.43. The molecule has 0 bridgehead atoms. The van der Waals surface area contributed by atoms with Gasteiger partial charge >= 0.3 is 0 Å². The average molecular weight is 249 g/mol. The van der Waals surface area contributed by atoms with E-state index in [0.717, 1.165) is 18.2 Å². The van der Waals surface area contributed by atoms with Crippen molar-refractivity contribution in [2.75, 3.05) is 0 Å². The smallest absolute Gasteiger partial charge is 0.0597 e. The van der Waals surface area contributed by atoms with Gasteiger partial charge in [0.2, 0.25) is 0 Å². The van der Waals surface area contributed by atoms with E-state index in [9.17, 15) is 0 Å². The molecule has 1 aliphatic rings. The molecule has 1 aromatic rings. The molecule has 2 rings (SSSR count). The Labute approximate surface area is 111 Å². The predicted molar refractivity (Wildman–Crippen MR) is 75.3 cm³/mol. The first kappa shape index (κ1) is 13.6. The number of rotatable bonds is 4. The second kappa shape index (κ2) is 5.87. The van der Waals surface area contributed by atoms with Crippen LogP contribution in [0.25, 0.3) is 0 Å². The van der Waals surface area contributed by atoms with E-state index in [2.05, 4.69) is 36.6 Å². The van der Waals surface area contributed by atoms with Crippen LogP contribution >= 0.6 is 0 Å². The van der Waals surface area contributed by atoms with Gasteiger partial charge in [-0.1, -0.05) is 26.2 Å². The molecule has 0 spiro atoms. The lowest BCUT2D eigenvalue weighted by Gasteiger charge is -2.32. The lowest BCUT2D eigenvalue weighted by Crippen LogP contribution is -2.28. The highest BCUT2D eigenvalue weighted by Crippen LogP contribution is 2.37. The lowest BCUT2D eigenvalue weighted by molar-refractivity contribution is 0.225. The zero-order valence-corrected chi connectivity index (χ0v) is 12.0. The molecule has 0 aliphatic heterocycles. The minimum atomic E-state index is 0.167. The van der Waals surface area contributed by atoms with Gasteiger partial charge in [-0.15, -0.1) is 0 Å². The largest absolute Gasteiger partial charge is 0.322 e. The van der Waals surface area contributed by atoms with Gasteiger partial charge in [-0.25, -0.2) is 0 Å². The summed E-state index contributed by atoms with van der Waals surface area (Å²) in [6.07, 6.45) is 6.62. The first-order valence-electron chi connectivity index (χ1n) is 7.45. The lowest BCUT2D eigenvalue weighted by atomic mass is 9.76. The number of aryl methyl sites for hydroxylation is 2. The van der Waals surface area contributed by atoms with Crippen LogP contribution in [-0.4, -0.2) is 9.78 Å². The molecule has 0 aromatic carbocycles. The number of nitrogens with zero attached hydrogens (tertiary/aromatic N) is 2. The molecule has 1 aliphatic carbocycles. The summed E-state index contributed by atoms with van der Waals surface area (Å²) in [6.45, 7) is 7.41. The van der Waals surface area contributed by atoms with E-state index in [1.807, 2.05) is 0 Å². The molecular formula is C15H27N3. The number of aromatic nitrogens is 2. The van der Waals surface area contributed by atoms with E-state index >= 15 is 0 Å². The highest BCUT2D eigenvalue weighted by molar-refractivity contribution is 5.14. The quantitative estimate of drug-likeness (QED) is 0.888. The van der Waals surface area contributed by atoms with Crippen molar-refractivity contribution in [2.45, 2.75) is 65.5 Å². The third kappa shape index (κ3) is 2.77. The minimum absolute atomic E-state index is 0.167. The van der Waals surface area contributed by atoms with Gasteiger partial charge in [-0.2, -0.15) is 5.10 Å². The van der Waals surface area contributed by atoms with Crippen molar-refractivity contribution in [3.05, 3.63) is 17.5 Å². The molecule has 3 atom stereocenters. The maximum atomic E-state index is 6.52. The van der Waals surface area contributed by atoms with Crippen LogP contribution in [0.4, 0.5) is 0 Å². The fraction of sp³-hybridized carbons (Fsp3) is 0.800. The Kier molecular flexibility index (Phi) is 4.44. The summed E-state index contributed by atoms with van der Waals surface area (Å²) in [5, 5.41) is 4.52. The molecule has 2 N–H and O–H groups in total. The monoisotopic (exact) mass is 249 g/mol. The van der Waals surface area contributed by atoms with Crippen LogP contribution < -0.4 is 5.73 Å².